The first-order valence-corrected chi connectivity index (χ1v) is 6.19. The number of ether oxygens (including phenoxy) is 2. The Morgan fingerprint density at radius 1 is 1.39 bits per heavy atom. The molecule has 1 heterocycles. The molecule has 0 bridgehead atoms. The molecule has 5 heteroatoms. The summed E-state index contributed by atoms with van der Waals surface area (Å²) in [6, 6.07) is 4.05. The Bertz CT molecular complexity index is 330. The Morgan fingerprint density at radius 2 is 2.17 bits per heavy atom. The molecule has 1 aromatic heterocycles. The fourth-order valence-corrected chi connectivity index (χ4v) is 1.95. The van der Waals surface area contributed by atoms with Crippen LogP contribution in [-0.4, -0.2) is 50.3 Å². The van der Waals surface area contributed by atoms with Crippen molar-refractivity contribution >= 4 is 0 Å². The molecule has 0 radical (unpaired) electrons. The van der Waals surface area contributed by atoms with Crippen molar-refractivity contribution in [3.8, 4) is 5.88 Å². The maximum absolute atomic E-state index is 5.88. The molecule has 0 fully saturated rings. The van der Waals surface area contributed by atoms with Gasteiger partial charge in [0.1, 0.15) is 0 Å². The number of hydrogen-bond acceptors (Lipinski definition) is 5. The van der Waals surface area contributed by atoms with E-state index in [4.69, 9.17) is 15.2 Å². The largest absolute Gasteiger partial charge is 0.481 e. The fourth-order valence-electron chi connectivity index (χ4n) is 1.95. The third-order valence-corrected chi connectivity index (χ3v) is 3.01. The average Bonchev–Trinajstić information content (AvgIpc) is 2.43. The van der Waals surface area contributed by atoms with Gasteiger partial charge in [0, 0.05) is 38.5 Å². The minimum absolute atomic E-state index is 0.170. The Kier molecular flexibility index (Phi) is 6.64. The number of hydrogen-bond donors (Lipinski definition) is 1. The van der Waals surface area contributed by atoms with Crippen LogP contribution in [0.15, 0.2) is 18.3 Å². The van der Waals surface area contributed by atoms with E-state index < -0.39 is 0 Å². The van der Waals surface area contributed by atoms with Crippen molar-refractivity contribution in [3.05, 3.63) is 23.9 Å². The lowest BCUT2D eigenvalue weighted by molar-refractivity contribution is 0.125. The average molecular weight is 253 g/mol. The van der Waals surface area contributed by atoms with Gasteiger partial charge in [0.2, 0.25) is 5.88 Å². The second-order valence-corrected chi connectivity index (χ2v) is 4.01. The van der Waals surface area contributed by atoms with Crippen LogP contribution in [0.1, 0.15) is 18.5 Å². The molecule has 1 atom stereocenters. The molecule has 0 amide bonds. The summed E-state index contributed by atoms with van der Waals surface area (Å²) in [5.41, 5.74) is 6.99. The number of likely N-dealkylation sites (N-methyl/N-ethyl adjacent to an activating group) is 1. The monoisotopic (exact) mass is 253 g/mol. The van der Waals surface area contributed by atoms with E-state index in [1.165, 1.54) is 0 Å². The molecule has 0 aliphatic carbocycles. The zero-order valence-electron chi connectivity index (χ0n) is 11.4. The van der Waals surface area contributed by atoms with Gasteiger partial charge in [0.05, 0.1) is 13.7 Å². The van der Waals surface area contributed by atoms with Crippen molar-refractivity contribution in [1.82, 2.24) is 9.88 Å². The Labute approximate surface area is 109 Å². The van der Waals surface area contributed by atoms with E-state index in [1.807, 2.05) is 18.3 Å². The molecule has 0 aliphatic rings. The zero-order chi connectivity index (χ0) is 13.4. The first kappa shape index (κ1) is 14.9. The van der Waals surface area contributed by atoms with Gasteiger partial charge in [0.25, 0.3) is 0 Å². The number of rotatable bonds is 8. The molecule has 0 aromatic carbocycles. The van der Waals surface area contributed by atoms with E-state index in [2.05, 4.69) is 16.8 Å². The van der Waals surface area contributed by atoms with Crippen LogP contribution in [0, 0.1) is 0 Å². The van der Waals surface area contributed by atoms with Crippen LogP contribution >= 0.6 is 0 Å². The first-order chi connectivity index (χ1) is 8.76. The maximum atomic E-state index is 5.88. The molecule has 1 aromatic rings. The third kappa shape index (κ3) is 3.94. The summed E-state index contributed by atoms with van der Waals surface area (Å²) in [6.45, 7) is 5.17. The van der Waals surface area contributed by atoms with Gasteiger partial charge in [-0.25, -0.2) is 4.98 Å². The summed E-state index contributed by atoms with van der Waals surface area (Å²) in [5, 5.41) is 0. The van der Waals surface area contributed by atoms with Crippen molar-refractivity contribution in [2.24, 2.45) is 5.73 Å². The zero-order valence-corrected chi connectivity index (χ0v) is 11.4. The van der Waals surface area contributed by atoms with Crippen molar-refractivity contribution in [3.63, 3.8) is 0 Å². The molecule has 18 heavy (non-hydrogen) atoms. The quantitative estimate of drug-likeness (QED) is 0.750. The summed E-state index contributed by atoms with van der Waals surface area (Å²) in [4.78, 5) is 6.51. The Morgan fingerprint density at radius 3 is 2.61 bits per heavy atom. The van der Waals surface area contributed by atoms with Crippen LogP contribution in [0.3, 0.4) is 0 Å². The van der Waals surface area contributed by atoms with Crippen LogP contribution in [0.4, 0.5) is 0 Å². The lowest BCUT2D eigenvalue weighted by atomic mass is 10.1. The van der Waals surface area contributed by atoms with Gasteiger partial charge in [-0.1, -0.05) is 13.0 Å². The van der Waals surface area contributed by atoms with E-state index >= 15 is 0 Å². The maximum Gasteiger partial charge on any atom is 0.212 e. The molecule has 1 rings (SSSR count). The van der Waals surface area contributed by atoms with Crippen LogP contribution in [0.5, 0.6) is 5.88 Å². The summed E-state index contributed by atoms with van der Waals surface area (Å²) in [7, 11) is 3.32. The molecule has 5 nitrogen and oxygen atoms in total. The van der Waals surface area contributed by atoms with E-state index in [-0.39, 0.29) is 6.04 Å². The van der Waals surface area contributed by atoms with Gasteiger partial charge < -0.3 is 15.2 Å². The van der Waals surface area contributed by atoms with E-state index in [0.29, 0.717) is 19.0 Å². The molecular formula is C13H23N3O2. The normalized spacial score (nSPS) is 12.7. The smallest absolute Gasteiger partial charge is 0.212 e. The van der Waals surface area contributed by atoms with Gasteiger partial charge >= 0.3 is 0 Å². The highest BCUT2D eigenvalue weighted by atomic mass is 16.5. The van der Waals surface area contributed by atoms with Crippen LogP contribution < -0.4 is 10.5 Å². The van der Waals surface area contributed by atoms with Gasteiger partial charge in [-0.15, -0.1) is 0 Å². The highest BCUT2D eigenvalue weighted by Crippen LogP contribution is 2.20. The molecule has 2 N–H and O–H groups in total. The van der Waals surface area contributed by atoms with Gasteiger partial charge in [-0.2, -0.15) is 0 Å². The van der Waals surface area contributed by atoms with Gasteiger partial charge in [-0.3, -0.25) is 4.90 Å². The summed E-state index contributed by atoms with van der Waals surface area (Å²) < 4.78 is 10.2. The van der Waals surface area contributed by atoms with Crippen LogP contribution in [-0.2, 0) is 4.74 Å². The molecule has 0 saturated carbocycles. The molecule has 0 spiro atoms. The lowest BCUT2D eigenvalue weighted by Crippen LogP contribution is -2.36. The van der Waals surface area contributed by atoms with Gasteiger partial charge in [-0.05, 0) is 12.1 Å². The summed E-state index contributed by atoms with van der Waals surface area (Å²) >= 11 is 0. The molecular weight excluding hydrogens is 230 g/mol. The van der Waals surface area contributed by atoms with Crippen molar-refractivity contribution in [1.29, 1.82) is 0 Å². The first-order valence-electron chi connectivity index (χ1n) is 6.19. The molecule has 1 unspecified atom stereocenters. The second-order valence-electron chi connectivity index (χ2n) is 4.01. The van der Waals surface area contributed by atoms with E-state index in [9.17, 15) is 0 Å². The third-order valence-electron chi connectivity index (χ3n) is 3.01. The molecule has 102 valence electrons. The molecule has 0 aliphatic heterocycles. The predicted octanol–water partition coefficient (Wildman–Crippen LogP) is 1.06. The predicted molar refractivity (Wildman–Crippen MR) is 71.7 cm³/mol. The van der Waals surface area contributed by atoms with Crippen molar-refractivity contribution < 1.29 is 9.47 Å². The number of nitrogens with two attached hydrogens (primary N) is 1. The van der Waals surface area contributed by atoms with Crippen LogP contribution in [0.25, 0.3) is 0 Å². The topological polar surface area (TPSA) is 60.6 Å². The minimum atomic E-state index is 0.170. The number of nitrogens with zero attached hydrogens (tertiary/aromatic N) is 2. The number of methoxy groups -OCH3 is 2. The van der Waals surface area contributed by atoms with Gasteiger partial charge in [0.15, 0.2) is 0 Å². The Hall–Kier alpha value is -1.17. The standard InChI is InChI=1S/C13H23N3O2/c1-4-16(7-8-17-2)12(9-14)11-5-6-13(18-3)15-10-11/h5-6,10,12H,4,7-9,14H2,1-3H3. The minimum Gasteiger partial charge on any atom is -0.481 e. The highest BCUT2D eigenvalue weighted by Gasteiger charge is 2.17. The van der Waals surface area contributed by atoms with Crippen molar-refractivity contribution in [2.45, 2.75) is 13.0 Å². The number of pyridine rings is 1. The van der Waals surface area contributed by atoms with Crippen molar-refractivity contribution in [2.75, 3.05) is 40.5 Å². The molecule has 0 saturated heterocycles. The highest BCUT2D eigenvalue weighted by molar-refractivity contribution is 5.21. The van der Waals surface area contributed by atoms with Crippen LogP contribution in [0.2, 0.25) is 0 Å². The second kappa shape index (κ2) is 8.02. The summed E-state index contributed by atoms with van der Waals surface area (Å²) in [5.74, 6) is 0.620. The van der Waals surface area contributed by atoms with E-state index in [1.54, 1.807) is 14.2 Å². The summed E-state index contributed by atoms with van der Waals surface area (Å²) in [6.07, 6.45) is 1.83. The van der Waals surface area contributed by atoms with E-state index in [0.717, 1.165) is 18.7 Å². The lowest BCUT2D eigenvalue weighted by Gasteiger charge is -2.29. The fraction of sp³-hybridized carbons (Fsp3) is 0.615. The number of aromatic nitrogens is 1. The Balaban J connectivity index is 2.78. The SMILES string of the molecule is CCN(CCOC)C(CN)c1ccc(OC)nc1.